The Bertz CT molecular complexity index is 2600. The van der Waals surface area contributed by atoms with Crippen LogP contribution in [0.1, 0.15) is 659 Å². The summed E-state index contributed by atoms with van der Waals surface area (Å²) in [6, 6.07) is 0. The summed E-state index contributed by atoms with van der Waals surface area (Å²) >= 11 is 0. The van der Waals surface area contributed by atoms with Gasteiger partial charge < -0.3 is 51.1 Å². The molecule has 10 saturated carbocycles. The second-order valence-corrected chi connectivity index (χ2v) is 56.5. The van der Waals surface area contributed by atoms with Gasteiger partial charge in [-0.25, -0.2) is 0 Å². The SMILES string of the molecule is CC(C)C(CO)CCCC1CCCCC1.CC(CO)CCCC1CCC(C(C)(C)C)CC1.CC(CO)CCCC1CCC(C(C)C)CC1.CC(CO)CCCC1CCC(C)CC1.CC(CO)CCCC1CCC(C)CC1.CC(CO)CCCC1CCCCC1.CCC(CO)CCCC1CCCCC1.CCCC(CO)CCCC1CCC(C)CC1.CCCC(CO)CCCC1CCC(C)CC1.CCCC(CO)CCCC1CCCCC1. The summed E-state index contributed by atoms with van der Waals surface area (Å²) in [5, 5.41) is 90.6. The van der Waals surface area contributed by atoms with Crippen LogP contribution in [0, 0.1) is 171 Å². The number of aliphatic hydroxyl groups is 10. The lowest BCUT2D eigenvalue weighted by Gasteiger charge is -2.37. The first-order valence-electron chi connectivity index (χ1n) is 68.4. The van der Waals surface area contributed by atoms with Gasteiger partial charge in [0.05, 0.1) is 0 Å². The van der Waals surface area contributed by atoms with Gasteiger partial charge >= 0.3 is 0 Å². The van der Waals surface area contributed by atoms with Gasteiger partial charge in [-0.15, -0.1) is 0 Å². The summed E-state index contributed by atoms with van der Waals surface area (Å²) in [5.74, 6) is 22.7. The number of hydrogen-bond acceptors (Lipinski definition) is 10. The molecule has 10 aliphatic carbocycles. The first-order valence-corrected chi connectivity index (χ1v) is 68.4. The summed E-state index contributed by atoms with van der Waals surface area (Å²) in [7, 11) is 0. The largest absolute Gasteiger partial charge is 0.396 e. The van der Waals surface area contributed by atoms with Crippen LogP contribution < -0.4 is 0 Å². The summed E-state index contributed by atoms with van der Waals surface area (Å²) < 4.78 is 0. The van der Waals surface area contributed by atoms with Crippen molar-refractivity contribution in [3.05, 3.63) is 0 Å². The second-order valence-electron chi connectivity index (χ2n) is 56.5. The van der Waals surface area contributed by atoms with E-state index >= 15 is 0 Å². The Labute approximate surface area is 940 Å². The summed E-state index contributed by atoms with van der Waals surface area (Å²) in [5.41, 5.74) is 0.510. The van der Waals surface area contributed by atoms with Gasteiger partial charge in [0.15, 0.2) is 0 Å². The van der Waals surface area contributed by atoms with E-state index in [1.807, 2.05) is 0 Å². The van der Waals surface area contributed by atoms with Crippen LogP contribution in [0.3, 0.4) is 0 Å². The maximum atomic E-state index is 9.23. The Morgan fingerprint density at radius 3 is 0.573 bits per heavy atom. The van der Waals surface area contributed by atoms with Crippen molar-refractivity contribution >= 4 is 0 Å². The molecular weight excluding hydrogens is 1840 g/mol. The fourth-order valence-electron chi connectivity index (χ4n) is 27.8. The van der Waals surface area contributed by atoms with Crippen molar-refractivity contribution in [3.8, 4) is 0 Å². The molecule has 10 fully saturated rings. The van der Waals surface area contributed by atoms with Crippen LogP contribution in [0.5, 0.6) is 0 Å². The fraction of sp³-hybridized carbons (Fsp3) is 1.00. The van der Waals surface area contributed by atoms with Crippen LogP contribution >= 0.6 is 0 Å². The molecule has 0 aromatic carbocycles. The van der Waals surface area contributed by atoms with Crippen molar-refractivity contribution < 1.29 is 51.1 Å². The van der Waals surface area contributed by atoms with E-state index in [4.69, 9.17) is 30.6 Å². The average Bonchev–Trinajstić information content (AvgIpc) is 0.882. The van der Waals surface area contributed by atoms with Crippen LogP contribution in [-0.4, -0.2) is 117 Å². The molecule has 10 heteroatoms. The molecule has 10 aliphatic rings. The molecule has 0 radical (unpaired) electrons. The van der Waals surface area contributed by atoms with E-state index < -0.39 is 0 Å². The summed E-state index contributed by atoms with van der Waals surface area (Å²) in [4.78, 5) is 0. The van der Waals surface area contributed by atoms with Gasteiger partial charge in [0, 0.05) is 66.1 Å². The minimum Gasteiger partial charge on any atom is -0.396 e. The molecule has 10 nitrogen and oxygen atoms in total. The van der Waals surface area contributed by atoms with E-state index in [1.165, 1.54) is 514 Å². The smallest absolute Gasteiger partial charge is 0.0461 e. The zero-order valence-corrected chi connectivity index (χ0v) is 105. The van der Waals surface area contributed by atoms with Crippen LogP contribution in [-0.2, 0) is 0 Å². The molecule has 10 N–H and O–H groups in total. The van der Waals surface area contributed by atoms with Crippen molar-refractivity contribution in [1.82, 2.24) is 0 Å². The molecule has 0 aliphatic heterocycles. The monoisotopic (exact) mass is 2120 g/mol. The zero-order chi connectivity index (χ0) is 111. The van der Waals surface area contributed by atoms with E-state index in [9.17, 15) is 20.4 Å². The molecule has 150 heavy (non-hydrogen) atoms. The van der Waals surface area contributed by atoms with Crippen molar-refractivity contribution in [2.45, 2.75) is 659 Å². The standard InChI is InChI=1S/C16H32O.3C15H30O.2C14H28O.3C13H26O.C12H24O/c1-13(12-17)6-5-7-14-8-10-15(11-9-14)16(2,3)4;1-12(2)15-9-7-14(8-10-15)6-4-5-13(3)11-16;2*1-3-5-15(12-16)7-4-6-14-10-8-13(2)9-11-14;1-12(2)14(11-15)10-6-9-13-7-4-3-5-8-13;1-2-7-14(12-15)11-6-10-13-8-4-3-5-9-13;2*1-11-6-8-13(9-7-11)5-3-4-12(2)10-14;1-2-12(11-14)9-6-10-13-7-4-3-5-8-13;1-11(10-13)6-5-9-12-7-3-2-4-8-12/h13-15,17H,5-12H2,1-4H3;12-16H,4-11H2,1-3H3;2*13-16H,3-12H2,1-2H3;12-15H,3-11H2,1-2H3;13-15H,2-12H2,1H3;2*11-14H,3-10H2,1-2H3;12-14H,2-11H2,1H3;11-13H,2-10H2,1H3. The van der Waals surface area contributed by atoms with Gasteiger partial charge in [0.2, 0.25) is 0 Å². The molecular formula is C140H280O10. The second kappa shape index (κ2) is 99.3. The molecule has 900 valence electrons. The Kier molecular flexibility index (Phi) is 97.7. The van der Waals surface area contributed by atoms with Gasteiger partial charge in [-0.2, -0.15) is 0 Å². The topological polar surface area (TPSA) is 202 Å². The Morgan fingerprint density at radius 2 is 0.393 bits per heavy atom. The predicted molar refractivity (Wildman–Crippen MR) is 658 cm³/mol. The minimum absolute atomic E-state index is 0.358. The van der Waals surface area contributed by atoms with Crippen LogP contribution in [0.15, 0.2) is 0 Å². The molecule has 0 bridgehead atoms. The maximum absolute atomic E-state index is 9.23. The van der Waals surface area contributed by atoms with Crippen molar-refractivity contribution in [2.24, 2.45) is 171 Å². The Hall–Kier alpha value is -0.400. The molecule has 0 aromatic heterocycles. The molecule has 10 atom stereocenters. The average molecular weight is 2120 g/mol. The van der Waals surface area contributed by atoms with E-state index in [1.54, 1.807) is 0 Å². The van der Waals surface area contributed by atoms with Crippen LogP contribution in [0.4, 0.5) is 0 Å². The molecule has 0 aromatic rings. The lowest BCUT2D eigenvalue weighted by molar-refractivity contribution is 0.143. The third-order valence-corrected chi connectivity index (χ3v) is 40.4. The first-order chi connectivity index (χ1) is 72.3. The number of rotatable bonds is 59. The minimum atomic E-state index is 0.358. The molecule has 0 heterocycles. The van der Waals surface area contributed by atoms with Crippen molar-refractivity contribution in [2.75, 3.05) is 66.1 Å². The van der Waals surface area contributed by atoms with Crippen molar-refractivity contribution in [3.63, 3.8) is 0 Å². The third kappa shape index (κ3) is 82.1. The van der Waals surface area contributed by atoms with Crippen LogP contribution in [0.25, 0.3) is 0 Å². The maximum Gasteiger partial charge on any atom is 0.0461 e. The molecule has 0 amide bonds. The highest BCUT2D eigenvalue weighted by atomic mass is 16.3. The quantitative estimate of drug-likeness (QED) is 0.0279. The van der Waals surface area contributed by atoms with Gasteiger partial charge in [-0.05, 0) is 280 Å². The molecule has 10 rings (SSSR count). The normalized spacial score (nSPS) is 25.8. The lowest BCUT2D eigenvalue weighted by atomic mass is 9.69. The van der Waals surface area contributed by atoms with E-state index in [0.29, 0.717) is 137 Å². The zero-order valence-electron chi connectivity index (χ0n) is 105. The number of hydrogen-bond donors (Lipinski definition) is 10. The first kappa shape index (κ1) is 148. The molecule has 0 spiro atoms. The molecule has 10 unspecified atom stereocenters. The highest BCUT2D eigenvalue weighted by Crippen LogP contribution is 2.44. The highest BCUT2D eigenvalue weighted by Gasteiger charge is 2.32. The predicted octanol–water partition coefficient (Wildman–Crippen LogP) is 40.2. The lowest BCUT2D eigenvalue weighted by Crippen LogP contribution is -2.25. The van der Waals surface area contributed by atoms with Gasteiger partial charge in [0.25, 0.3) is 0 Å². The van der Waals surface area contributed by atoms with Gasteiger partial charge in [0.1, 0.15) is 0 Å². The number of aliphatic hydroxyl groups excluding tert-OH is 10. The van der Waals surface area contributed by atoms with E-state index in [-0.39, 0.29) is 0 Å². The summed E-state index contributed by atoms with van der Waals surface area (Å²) in [6.45, 7) is 49.2. The van der Waals surface area contributed by atoms with Gasteiger partial charge in [-0.1, -0.05) is 549 Å². The molecule has 0 saturated heterocycles. The summed E-state index contributed by atoms with van der Waals surface area (Å²) in [6.07, 6.45) is 112. The fourth-order valence-corrected chi connectivity index (χ4v) is 27.8. The Balaban J connectivity index is 0.000000834. The van der Waals surface area contributed by atoms with Crippen LogP contribution in [0.2, 0.25) is 0 Å². The Morgan fingerprint density at radius 1 is 0.200 bits per heavy atom. The third-order valence-electron chi connectivity index (χ3n) is 40.4. The van der Waals surface area contributed by atoms with Crippen molar-refractivity contribution in [1.29, 1.82) is 0 Å². The highest BCUT2D eigenvalue weighted by molar-refractivity contribution is 4.83. The van der Waals surface area contributed by atoms with E-state index in [2.05, 4.69) is 138 Å². The van der Waals surface area contributed by atoms with Gasteiger partial charge in [-0.3, -0.25) is 0 Å². The van der Waals surface area contributed by atoms with E-state index in [0.717, 1.165) is 107 Å².